The van der Waals surface area contributed by atoms with Gasteiger partial charge in [-0.3, -0.25) is 14.9 Å². The molecule has 1 N–H and O–H groups in total. The molecule has 2 aromatic carbocycles. The molecule has 1 saturated heterocycles. The van der Waals surface area contributed by atoms with Crippen LogP contribution < -0.4 is 5.32 Å². The highest BCUT2D eigenvalue weighted by molar-refractivity contribution is 8.15. The van der Waals surface area contributed by atoms with Gasteiger partial charge in [-0.1, -0.05) is 80.4 Å². The largest absolute Gasteiger partial charge is 0.449 e. The fraction of sp³-hybridized carbons (Fsp3) is 0.400. The van der Waals surface area contributed by atoms with Crippen LogP contribution in [-0.2, 0) is 22.5 Å². The van der Waals surface area contributed by atoms with Crippen molar-refractivity contribution in [3.05, 3.63) is 59.7 Å². The van der Waals surface area contributed by atoms with Gasteiger partial charge in [0.25, 0.3) is 5.24 Å². The molecular weight excluding hydrogens is 424 g/mol. The Morgan fingerprint density at radius 1 is 1.03 bits per heavy atom. The second-order valence-corrected chi connectivity index (χ2v) is 9.19. The Labute approximate surface area is 193 Å². The number of ether oxygens (including phenoxy) is 1. The molecule has 1 atom stereocenters. The standard InChI is InChI=1S/C25H30N2O4S/c1-3-4-5-6-14-31-25(30)27(2)17-19-8-7-9-21(15-19)20-12-10-18(11-13-20)16-22-23(28)26-24(29)32-22/h7-13,15,22H,3-6,14,16-17H2,1-2H3,(H,26,28,29). The summed E-state index contributed by atoms with van der Waals surface area (Å²) in [7, 11) is 1.75. The van der Waals surface area contributed by atoms with E-state index >= 15 is 0 Å². The number of carbonyl (C=O) groups excluding carboxylic acids is 3. The minimum atomic E-state index is -0.362. The molecule has 1 aliphatic rings. The summed E-state index contributed by atoms with van der Waals surface area (Å²) in [4.78, 5) is 36.9. The van der Waals surface area contributed by atoms with Crippen LogP contribution in [-0.4, -0.2) is 41.0 Å². The number of nitrogens with one attached hydrogen (secondary N) is 1. The Morgan fingerprint density at radius 2 is 1.81 bits per heavy atom. The summed E-state index contributed by atoms with van der Waals surface area (Å²) >= 11 is 1.05. The predicted molar refractivity (Wildman–Crippen MR) is 127 cm³/mol. The maximum absolute atomic E-state index is 12.2. The second-order valence-electron chi connectivity index (χ2n) is 8.02. The van der Waals surface area contributed by atoms with Gasteiger partial charge in [0.15, 0.2) is 0 Å². The summed E-state index contributed by atoms with van der Waals surface area (Å²) in [6.45, 7) is 3.09. The third-order valence-corrected chi connectivity index (χ3v) is 6.34. The molecule has 0 spiro atoms. The average Bonchev–Trinajstić information content (AvgIpc) is 3.10. The molecule has 1 aliphatic heterocycles. The maximum Gasteiger partial charge on any atom is 0.409 e. The highest BCUT2D eigenvalue weighted by Gasteiger charge is 2.31. The van der Waals surface area contributed by atoms with Gasteiger partial charge in [0.05, 0.1) is 11.9 Å². The lowest BCUT2D eigenvalue weighted by atomic mass is 10.00. The van der Waals surface area contributed by atoms with E-state index in [0.717, 1.165) is 59.7 Å². The van der Waals surface area contributed by atoms with E-state index in [1.54, 1.807) is 11.9 Å². The summed E-state index contributed by atoms with van der Waals surface area (Å²) < 4.78 is 5.36. The number of thioether (sulfide) groups is 1. The van der Waals surface area contributed by atoms with Crippen molar-refractivity contribution in [2.45, 2.75) is 50.8 Å². The van der Waals surface area contributed by atoms with E-state index in [1.807, 2.05) is 42.5 Å². The minimum absolute atomic E-state index is 0.222. The van der Waals surface area contributed by atoms with Gasteiger partial charge in [0.1, 0.15) is 0 Å². The first-order valence-corrected chi connectivity index (χ1v) is 11.9. The zero-order chi connectivity index (χ0) is 22.9. The molecule has 1 unspecified atom stereocenters. The monoisotopic (exact) mass is 454 g/mol. The third kappa shape index (κ3) is 6.85. The molecule has 3 rings (SSSR count). The van der Waals surface area contributed by atoms with E-state index in [-0.39, 0.29) is 22.5 Å². The Kier molecular flexibility index (Phi) is 8.73. The molecule has 7 heteroatoms. The van der Waals surface area contributed by atoms with Crippen molar-refractivity contribution in [3.63, 3.8) is 0 Å². The van der Waals surface area contributed by atoms with Crippen LogP contribution in [0.25, 0.3) is 11.1 Å². The van der Waals surface area contributed by atoms with Gasteiger partial charge in [-0.2, -0.15) is 0 Å². The van der Waals surface area contributed by atoms with E-state index in [4.69, 9.17) is 4.74 Å². The van der Waals surface area contributed by atoms with Crippen molar-refractivity contribution in [2.24, 2.45) is 0 Å². The number of hydrogen-bond donors (Lipinski definition) is 1. The fourth-order valence-corrected chi connectivity index (χ4v) is 4.42. The van der Waals surface area contributed by atoms with Crippen molar-refractivity contribution in [2.75, 3.05) is 13.7 Å². The van der Waals surface area contributed by atoms with Gasteiger partial charge in [0, 0.05) is 13.6 Å². The molecule has 6 nitrogen and oxygen atoms in total. The van der Waals surface area contributed by atoms with Gasteiger partial charge in [-0.15, -0.1) is 0 Å². The van der Waals surface area contributed by atoms with Crippen molar-refractivity contribution in [1.82, 2.24) is 10.2 Å². The molecule has 0 saturated carbocycles. The van der Waals surface area contributed by atoms with Crippen LogP contribution in [0.4, 0.5) is 9.59 Å². The van der Waals surface area contributed by atoms with Crippen LogP contribution in [0, 0.1) is 0 Å². The number of nitrogens with zero attached hydrogens (tertiary/aromatic N) is 1. The highest BCUT2D eigenvalue weighted by Crippen LogP contribution is 2.25. The van der Waals surface area contributed by atoms with Crippen molar-refractivity contribution in [1.29, 1.82) is 0 Å². The van der Waals surface area contributed by atoms with Crippen LogP contribution in [0.2, 0.25) is 0 Å². The first-order chi connectivity index (χ1) is 15.5. The maximum atomic E-state index is 12.2. The molecule has 170 valence electrons. The number of carbonyl (C=O) groups is 3. The van der Waals surface area contributed by atoms with E-state index < -0.39 is 0 Å². The second kappa shape index (κ2) is 11.7. The quantitative estimate of drug-likeness (QED) is 0.487. The van der Waals surface area contributed by atoms with Gasteiger partial charge in [-0.25, -0.2) is 4.79 Å². The molecule has 0 aromatic heterocycles. The number of hydrogen-bond acceptors (Lipinski definition) is 5. The SMILES string of the molecule is CCCCCCOC(=O)N(C)Cc1cccc(-c2ccc(CC3SC(=O)NC3=O)cc2)c1. The van der Waals surface area contributed by atoms with Gasteiger partial charge in [0.2, 0.25) is 5.91 Å². The van der Waals surface area contributed by atoms with E-state index in [2.05, 4.69) is 18.3 Å². The number of benzene rings is 2. The normalized spacial score (nSPS) is 15.5. The lowest BCUT2D eigenvalue weighted by molar-refractivity contribution is -0.118. The Morgan fingerprint density at radius 3 is 2.50 bits per heavy atom. The van der Waals surface area contributed by atoms with Crippen LogP contribution >= 0.6 is 11.8 Å². The topological polar surface area (TPSA) is 75.7 Å². The molecule has 1 heterocycles. The summed E-state index contributed by atoms with van der Waals surface area (Å²) in [5.74, 6) is -0.222. The van der Waals surface area contributed by atoms with Crippen LogP contribution in [0.1, 0.15) is 43.7 Å². The summed E-state index contributed by atoms with van der Waals surface area (Å²) in [5, 5.41) is 1.68. The fourth-order valence-electron chi connectivity index (χ4n) is 3.56. The zero-order valence-corrected chi connectivity index (χ0v) is 19.5. The molecular formula is C25H30N2O4S. The number of amides is 3. The number of unbranched alkanes of at least 4 members (excludes halogenated alkanes) is 3. The Balaban J connectivity index is 1.55. The van der Waals surface area contributed by atoms with Crippen LogP contribution in [0.5, 0.6) is 0 Å². The molecule has 1 fully saturated rings. The van der Waals surface area contributed by atoms with E-state index in [9.17, 15) is 14.4 Å². The van der Waals surface area contributed by atoms with E-state index in [1.165, 1.54) is 0 Å². The summed E-state index contributed by atoms with van der Waals surface area (Å²) in [6.07, 6.45) is 4.52. The molecule has 32 heavy (non-hydrogen) atoms. The van der Waals surface area contributed by atoms with Crippen molar-refractivity contribution >= 4 is 29.0 Å². The molecule has 0 aliphatic carbocycles. The van der Waals surface area contributed by atoms with Gasteiger partial charge < -0.3 is 9.64 Å². The summed E-state index contributed by atoms with van der Waals surface area (Å²) in [6, 6.07) is 16.1. The smallest absolute Gasteiger partial charge is 0.409 e. The lowest BCUT2D eigenvalue weighted by Gasteiger charge is -2.17. The highest BCUT2D eigenvalue weighted by atomic mass is 32.2. The van der Waals surface area contributed by atoms with Crippen molar-refractivity contribution in [3.8, 4) is 11.1 Å². The van der Waals surface area contributed by atoms with Crippen LogP contribution in [0.3, 0.4) is 0 Å². The minimum Gasteiger partial charge on any atom is -0.449 e. The molecule has 0 bridgehead atoms. The Bertz CT molecular complexity index is 945. The number of imide groups is 1. The predicted octanol–water partition coefficient (Wildman–Crippen LogP) is 5.40. The van der Waals surface area contributed by atoms with Crippen molar-refractivity contribution < 1.29 is 19.1 Å². The van der Waals surface area contributed by atoms with E-state index in [0.29, 0.717) is 19.6 Å². The van der Waals surface area contributed by atoms with Gasteiger partial charge >= 0.3 is 6.09 Å². The molecule has 2 aromatic rings. The zero-order valence-electron chi connectivity index (χ0n) is 18.6. The average molecular weight is 455 g/mol. The Hall–Kier alpha value is -2.80. The molecule has 0 radical (unpaired) electrons. The number of rotatable bonds is 10. The lowest BCUT2D eigenvalue weighted by Crippen LogP contribution is -2.27. The molecule has 3 amide bonds. The van der Waals surface area contributed by atoms with Crippen LogP contribution in [0.15, 0.2) is 48.5 Å². The third-order valence-electron chi connectivity index (χ3n) is 5.36. The van der Waals surface area contributed by atoms with Gasteiger partial charge in [-0.05, 0) is 41.2 Å². The first kappa shape index (κ1) is 23.9. The summed E-state index contributed by atoms with van der Waals surface area (Å²) in [5.41, 5.74) is 4.14. The first-order valence-electron chi connectivity index (χ1n) is 11.0.